The first-order valence-corrected chi connectivity index (χ1v) is 11.5. The van der Waals surface area contributed by atoms with Crippen molar-refractivity contribution in [3.05, 3.63) is 95.9 Å². The monoisotopic (exact) mass is 445 g/mol. The summed E-state index contributed by atoms with van der Waals surface area (Å²) < 4.78 is 38.1. The van der Waals surface area contributed by atoms with Gasteiger partial charge in [-0.2, -0.15) is 8.42 Å². The van der Waals surface area contributed by atoms with Crippen LogP contribution in [-0.4, -0.2) is 18.8 Å². The molecule has 1 aliphatic rings. The fourth-order valence-corrected chi connectivity index (χ4v) is 4.72. The summed E-state index contributed by atoms with van der Waals surface area (Å²) in [7, 11) is -3.99. The van der Waals surface area contributed by atoms with E-state index in [1.807, 2.05) is 30.5 Å². The van der Waals surface area contributed by atoms with Crippen molar-refractivity contribution in [2.45, 2.75) is 18.4 Å². The van der Waals surface area contributed by atoms with Crippen molar-refractivity contribution in [1.29, 1.82) is 0 Å². The maximum Gasteiger partial charge on any atom is 0.339 e. The normalized spacial score (nSPS) is 14.5. The second-order valence-corrected chi connectivity index (χ2v) is 8.88. The fraction of sp³-hybridized carbons (Fsp3) is 0.0800. The number of nitrogens with zero attached hydrogens (tertiary/aromatic N) is 1. The van der Waals surface area contributed by atoms with Crippen LogP contribution in [0.15, 0.2) is 89.6 Å². The van der Waals surface area contributed by atoms with E-state index in [1.165, 1.54) is 30.3 Å². The van der Waals surface area contributed by atoms with E-state index >= 15 is 0 Å². The van der Waals surface area contributed by atoms with Gasteiger partial charge in [0.1, 0.15) is 16.4 Å². The number of Topliss-reactive ketones (excluding diaryl/α,β-unsaturated/α-hetero) is 1. The molecule has 3 aromatic carbocycles. The minimum Gasteiger partial charge on any atom is -0.452 e. The molecule has 0 fully saturated rings. The smallest absolute Gasteiger partial charge is 0.339 e. The molecular weight excluding hydrogens is 426 g/mol. The quantitative estimate of drug-likeness (QED) is 0.318. The number of rotatable bonds is 5. The number of ether oxygens (including phenoxy) is 1. The molecule has 7 heteroatoms. The van der Waals surface area contributed by atoms with Gasteiger partial charge in [0.15, 0.2) is 5.76 Å². The molecule has 160 valence electrons. The Morgan fingerprint density at radius 3 is 2.53 bits per heavy atom. The van der Waals surface area contributed by atoms with E-state index < -0.39 is 10.1 Å². The van der Waals surface area contributed by atoms with Gasteiger partial charge in [-0.15, -0.1) is 0 Å². The highest BCUT2D eigenvalue weighted by atomic mass is 32.2. The third-order valence-corrected chi connectivity index (χ3v) is 6.59. The first-order chi connectivity index (χ1) is 15.5. The molecule has 0 saturated heterocycles. The van der Waals surface area contributed by atoms with Crippen LogP contribution in [0.4, 0.5) is 0 Å². The minimum atomic E-state index is -3.99. The third kappa shape index (κ3) is 3.46. The number of fused-ring (bicyclic) bond motifs is 2. The zero-order valence-corrected chi connectivity index (χ0v) is 18.0. The summed E-state index contributed by atoms with van der Waals surface area (Å²) in [4.78, 5) is 12.9. The largest absolute Gasteiger partial charge is 0.452 e. The molecule has 0 saturated carbocycles. The SMILES string of the molecule is CCn1cc(/C=C2/Oc3cc(OS(=O)(=O)c4ccccc4)ccc3C2=O)c2ccccc21. The number of ketones is 1. The first kappa shape index (κ1) is 20.1. The van der Waals surface area contributed by atoms with E-state index in [-0.39, 0.29) is 27.9 Å². The number of aryl methyl sites for hydroxylation is 1. The molecule has 6 nitrogen and oxygen atoms in total. The number of benzene rings is 3. The highest BCUT2D eigenvalue weighted by Crippen LogP contribution is 2.36. The third-order valence-electron chi connectivity index (χ3n) is 5.33. The summed E-state index contributed by atoms with van der Waals surface area (Å²) in [6.07, 6.45) is 3.70. The Morgan fingerprint density at radius 1 is 1.00 bits per heavy atom. The van der Waals surface area contributed by atoms with Crippen LogP contribution in [0.2, 0.25) is 0 Å². The summed E-state index contributed by atoms with van der Waals surface area (Å²) in [5.74, 6) is 0.262. The van der Waals surface area contributed by atoms with Crippen LogP contribution in [-0.2, 0) is 16.7 Å². The van der Waals surface area contributed by atoms with E-state index in [0.29, 0.717) is 5.56 Å². The van der Waals surface area contributed by atoms with Crippen molar-refractivity contribution in [2.24, 2.45) is 0 Å². The fourth-order valence-electron chi connectivity index (χ4n) is 3.77. The molecule has 0 spiro atoms. The Kier molecular flexibility index (Phi) is 4.83. The maximum atomic E-state index is 12.9. The first-order valence-electron chi connectivity index (χ1n) is 10.1. The Balaban J connectivity index is 1.46. The van der Waals surface area contributed by atoms with Gasteiger partial charge in [0.05, 0.1) is 5.56 Å². The Bertz CT molecular complexity index is 1480. The Morgan fingerprint density at radius 2 is 1.75 bits per heavy atom. The van der Waals surface area contributed by atoms with E-state index in [1.54, 1.807) is 24.3 Å². The van der Waals surface area contributed by atoms with Crippen LogP contribution in [0.25, 0.3) is 17.0 Å². The molecule has 2 heterocycles. The van der Waals surface area contributed by atoms with Crippen molar-refractivity contribution in [2.75, 3.05) is 0 Å². The van der Waals surface area contributed by atoms with E-state index in [0.717, 1.165) is 23.0 Å². The molecule has 0 radical (unpaired) electrons. The molecule has 0 N–H and O–H groups in total. The number of carbonyl (C=O) groups excluding carboxylic acids is 1. The summed E-state index contributed by atoms with van der Waals surface area (Å²) in [5.41, 5.74) is 2.31. The second-order valence-electron chi connectivity index (χ2n) is 7.34. The molecule has 0 atom stereocenters. The number of hydrogen-bond acceptors (Lipinski definition) is 5. The zero-order chi connectivity index (χ0) is 22.3. The molecule has 32 heavy (non-hydrogen) atoms. The predicted octanol–water partition coefficient (Wildman–Crippen LogP) is 5.05. The van der Waals surface area contributed by atoms with Crippen LogP contribution in [0.1, 0.15) is 22.8 Å². The van der Waals surface area contributed by atoms with Crippen LogP contribution in [0, 0.1) is 0 Å². The molecule has 0 amide bonds. The standard InChI is InChI=1S/C25H19NO5S/c1-2-26-16-17(20-10-6-7-11-22(20)26)14-24-25(27)21-13-12-18(15-23(21)30-24)31-32(28,29)19-8-4-3-5-9-19/h3-16H,2H2,1H3/b24-14+. The van der Waals surface area contributed by atoms with E-state index in [2.05, 4.69) is 11.5 Å². The van der Waals surface area contributed by atoms with Gasteiger partial charge in [0.25, 0.3) is 0 Å². The van der Waals surface area contributed by atoms with Gasteiger partial charge >= 0.3 is 10.1 Å². The van der Waals surface area contributed by atoms with E-state index in [9.17, 15) is 13.2 Å². The lowest BCUT2D eigenvalue weighted by Gasteiger charge is -2.07. The Labute approximate surface area is 185 Å². The molecule has 0 bridgehead atoms. The van der Waals surface area contributed by atoms with Crippen LogP contribution in [0.3, 0.4) is 0 Å². The molecular formula is C25H19NO5S. The van der Waals surface area contributed by atoms with Crippen molar-refractivity contribution in [1.82, 2.24) is 4.57 Å². The summed E-state index contributed by atoms with van der Waals surface area (Å²) in [5, 5.41) is 1.02. The number of para-hydroxylation sites is 1. The van der Waals surface area contributed by atoms with Gasteiger partial charge in [-0.3, -0.25) is 4.79 Å². The van der Waals surface area contributed by atoms with Gasteiger partial charge in [0, 0.05) is 35.3 Å². The second kappa shape index (κ2) is 7.69. The predicted molar refractivity (Wildman–Crippen MR) is 121 cm³/mol. The molecule has 4 aromatic rings. The lowest BCUT2D eigenvalue weighted by Crippen LogP contribution is -2.09. The van der Waals surface area contributed by atoms with Crippen LogP contribution < -0.4 is 8.92 Å². The van der Waals surface area contributed by atoms with Crippen LogP contribution in [0.5, 0.6) is 11.5 Å². The molecule has 1 aliphatic heterocycles. The van der Waals surface area contributed by atoms with Gasteiger partial charge in [-0.05, 0) is 43.3 Å². The van der Waals surface area contributed by atoms with Crippen LogP contribution >= 0.6 is 0 Å². The average Bonchev–Trinajstić information content (AvgIpc) is 3.31. The number of carbonyl (C=O) groups is 1. The van der Waals surface area contributed by atoms with Gasteiger partial charge in [-0.25, -0.2) is 0 Å². The summed E-state index contributed by atoms with van der Waals surface area (Å²) >= 11 is 0. The van der Waals surface area contributed by atoms with E-state index in [4.69, 9.17) is 8.92 Å². The van der Waals surface area contributed by atoms with Crippen molar-refractivity contribution >= 4 is 32.9 Å². The molecule has 1 aromatic heterocycles. The van der Waals surface area contributed by atoms with Gasteiger partial charge in [0.2, 0.25) is 5.78 Å². The lowest BCUT2D eigenvalue weighted by atomic mass is 10.1. The summed E-state index contributed by atoms with van der Waals surface area (Å²) in [6.45, 7) is 2.86. The minimum absolute atomic E-state index is 0.0467. The number of hydrogen-bond donors (Lipinski definition) is 0. The zero-order valence-electron chi connectivity index (χ0n) is 17.2. The number of aromatic nitrogens is 1. The van der Waals surface area contributed by atoms with Crippen molar-refractivity contribution in [3.8, 4) is 11.5 Å². The molecule has 0 unspecified atom stereocenters. The van der Waals surface area contributed by atoms with Gasteiger partial charge in [-0.1, -0.05) is 36.4 Å². The summed E-state index contributed by atoms with van der Waals surface area (Å²) in [6, 6.07) is 20.2. The molecule has 5 rings (SSSR count). The highest BCUT2D eigenvalue weighted by Gasteiger charge is 2.29. The molecule has 0 aliphatic carbocycles. The maximum absolute atomic E-state index is 12.9. The lowest BCUT2D eigenvalue weighted by molar-refractivity contribution is 0.101. The van der Waals surface area contributed by atoms with Crippen molar-refractivity contribution in [3.63, 3.8) is 0 Å². The van der Waals surface area contributed by atoms with Crippen molar-refractivity contribution < 1.29 is 22.1 Å². The average molecular weight is 445 g/mol. The Hall–Kier alpha value is -3.84. The topological polar surface area (TPSA) is 74.6 Å². The van der Waals surface area contributed by atoms with Gasteiger partial charge < -0.3 is 13.5 Å². The number of allylic oxidation sites excluding steroid dienone is 1. The highest BCUT2D eigenvalue weighted by molar-refractivity contribution is 7.87.